The van der Waals surface area contributed by atoms with Crippen molar-refractivity contribution in [2.24, 2.45) is 0 Å². The first-order valence-electron chi connectivity index (χ1n) is 4.58. The molecule has 0 bridgehead atoms. The summed E-state index contributed by atoms with van der Waals surface area (Å²) in [6.07, 6.45) is 0. The van der Waals surface area contributed by atoms with Crippen LogP contribution in [-0.4, -0.2) is 43.4 Å². The van der Waals surface area contributed by atoms with Crippen molar-refractivity contribution >= 4 is 6.03 Å². The van der Waals surface area contributed by atoms with E-state index in [1.807, 2.05) is 18.9 Å². The Balaban J connectivity index is 2.18. The number of hydrogen-bond donors (Lipinski definition) is 2. The normalized spacial score (nSPS) is 18.7. The summed E-state index contributed by atoms with van der Waals surface area (Å²) < 4.78 is 5.15. The average molecular weight is 187 g/mol. The molecule has 0 unspecified atom stereocenters. The summed E-state index contributed by atoms with van der Waals surface area (Å²) in [5.41, 5.74) is 2.75. The van der Waals surface area contributed by atoms with Crippen LogP contribution in [0.4, 0.5) is 4.79 Å². The zero-order valence-corrected chi connectivity index (χ0v) is 8.17. The van der Waals surface area contributed by atoms with Gasteiger partial charge < -0.3 is 10.1 Å². The summed E-state index contributed by atoms with van der Waals surface area (Å²) in [6.45, 7) is 6.73. The molecule has 0 aromatic rings. The molecule has 2 amide bonds. The maximum absolute atomic E-state index is 11.2. The van der Waals surface area contributed by atoms with Gasteiger partial charge in [-0.15, -0.1) is 0 Å². The molecule has 76 valence electrons. The monoisotopic (exact) mass is 187 g/mol. The van der Waals surface area contributed by atoms with Crippen molar-refractivity contribution in [3.63, 3.8) is 0 Å². The van der Waals surface area contributed by atoms with E-state index in [1.165, 1.54) is 0 Å². The van der Waals surface area contributed by atoms with Gasteiger partial charge in [0.25, 0.3) is 0 Å². The van der Waals surface area contributed by atoms with Crippen molar-refractivity contribution in [1.29, 1.82) is 0 Å². The third kappa shape index (κ3) is 4.10. The highest BCUT2D eigenvalue weighted by molar-refractivity contribution is 5.73. The Morgan fingerprint density at radius 2 is 2.00 bits per heavy atom. The Kier molecular flexibility index (Phi) is 3.98. The lowest BCUT2D eigenvalue weighted by molar-refractivity contribution is 0.0194. The molecule has 2 N–H and O–H groups in total. The molecule has 1 saturated heterocycles. The van der Waals surface area contributed by atoms with Gasteiger partial charge in [-0.2, -0.15) is 0 Å². The smallest absolute Gasteiger partial charge is 0.329 e. The summed E-state index contributed by atoms with van der Waals surface area (Å²) in [6, 6.07) is 0.0259. The second kappa shape index (κ2) is 5.04. The Hall–Kier alpha value is -0.810. The fourth-order valence-corrected chi connectivity index (χ4v) is 1.11. The third-order valence-electron chi connectivity index (χ3n) is 1.69. The van der Waals surface area contributed by atoms with Crippen LogP contribution >= 0.6 is 0 Å². The number of ether oxygens (including phenoxy) is 1. The van der Waals surface area contributed by atoms with E-state index in [4.69, 9.17) is 4.74 Å². The summed E-state index contributed by atoms with van der Waals surface area (Å²) in [4.78, 5) is 11.2. The number of rotatable bonds is 2. The van der Waals surface area contributed by atoms with Gasteiger partial charge in [0.05, 0.1) is 13.2 Å². The van der Waals surface area contributed by atoms with Crippen molar-refractivity contribution in [3.8, 4) is 0 Å². The van der Waals surface area contributed by atoms with Crippen molar-refractivity contribution in [3.05, 3.63) is 0 Å². The quantitative estimate of drug-likeness (QED) is 0.637. The van der Waals surface area contributed by atoms with Crippen LogP contribution in [0.5, 0.6) is 0 Å². The molecular formula is C8H17N3O2. The Morgan fingerprint density at radius 3 is 2.54 bits per heavy atom. The molecule has 13 heavy (non-hydrogen) atoms. The van der Waals surface area contributed by atoms with Gasteiger partial charge in [0.1, 0.15) is 0 Å². The summed E-state index contributed by atoms with van der Waals surface area (Å²) in [5.74, 6) is 0. The topological polar surface area (TPSA) is 53.6 Å². The first-order chi connectivity index (χ1) is 6.18. The number of hydrazine groups is 1. The maximum Gasteiger partial charge on any atom is 0.329 e. The molecule has 0 aliphatic carbocycles. The van der Waals surface area contributed by atoms with E-state index in [2.05, 4.69) is 10.7 Å². The fraction of sp³-hybridized carbons (Fsp3) is 0.875. The van der Waals surface area contributed by atoms with Crippen molar-refractivity contribution in [1.82, 2.24) is 15.8 Å². The van der Waals surface area contributed by atoms with Crippen LogP contribution in [0.2, 0.25) is 0 Å². The van der Waals surface area contributed by atoms with Gasteiger partial charge in [0.2, 0.25) is 0 Å². The fourth-order valence-electron chi connectivity index (χ4n) is 1.11. The van der Waals surface area contributed by atoms with Crippen LogP contribution in [0.15, 0.2) is 0 Å². The number of nitrogens with one attached hydrogen (secondary N) is 2. The van der Waals surface area contributed by atoms with Gasteiger partial charge in [-0.1, -0.05) is 0 Å². The predicted octanol–water partition coefficient (Wildman–Crippen LogP) is -0.0588. The molecule has 1 heterocycles. The molecule has 5 heteroatoms. The minimum absolute atomic E-state index is 0.142. The lowest BCUT2D eigenvalue weighted by atomic mass is 10.4. The SMILES string of the molecule is CC(C)NC(=O)NN1CCOCC1. The molecule has 1 fully saturated rings. The molecule has 1 aliphatic heterocycles. The van der Waals surface area contributed by atoms with Crippen molar-refractivity contribution < 1.29 is 9.53 Å². The van der Waals surface area contributed by atoms with Gasteiger partial charge in [-0.25, -0.2) is 9.80 Å². The van der Waals surface area contributed by atoms with Crippen LogP contribution in [0.3, 0.4) is 0 Å². The Morgan fingerprint density at radius 1 is 1.38 bits per heavy atom. The highest BCUT2D eigenvalue weighted by atomic mass is 16.5. The van der Waals surface area contributed by atoms with Gasteiger partial charge >= 0.3 is 6.03 Å². The average Bonchev–Trinajstić information content (AvgIpc) is 2.04. The molecule has 0 aromatic heterocycles. The summed E-state index contributed by atoms with van der Waals surface area (Å²) >= 11 is 0. The number of urea groups is 1. The van der Waals surface area contributed by atoms with Crippen LogP contribution < -0.4 is 10.7 Å². The van der Waals surface area contributed by atoms with Crippen LogP contribution in [0, 0.1) is 0 Å². The van der Waals surface area contributed by atoms with Gasteiger partial charge in [-0.05, 0) is 13.8 Å². The number of morpholine rings is 1. The second-order valence-corrected chi connectivity index (χ2v) is 3.34. The third-order valence-corrected chi connectivity index (χ3v) is 1.69. The number of hydrogen-bond acceptors (Lipinski definition) is 3. The first-order valence-corrected chi connectivity index (χ1v) is 4.58. The molecule has 1 aliphatic rings. The van der Waals surface area contributed by atoms with Gasteiger partial charge in [0.15, 0.2) is 0 Å². The molecule has 0 atom stereocenters. The maximum atomic E-state index is 11.2. The van der Waals surface area contributed by atoms with E-state index in [0.29, 0.717) is 13.2 Å². The molecule has 0 aromatic carbocycles. The minimum atomic E-state index is -0.142. The van der Waals surface area contributed by atoms with E-state index < -0.39 is 0 Å². The largest absolute Gasteiger partial charge is 0.379 e. The van der Waals surface area contributed by atoms with Gasteiger partial charge in [0, 0.05) is 19.1 Å². The highest BCUT2D eigenvalue weighted by Crippen LogP contribution is 1.91. The summed E-state index contributed by atoms with van der Waals surface area (Å²) in [7, 11) is 0. The van der Waals surface area contributed by atoms with Crippen LogP contribution in [0.25, 0.3) is 0 Å². The Labute approximate surface area is 78.4 Å². The number of carbonyl (C=O) groups is 1. The lowest BCUT2D eigenvalue weighted by Crippen LogP contribution is -2.52. The summed E-state index contributed by atoms with van der Waals surface area (Å²) in [5, 5.41) is 4.62. The zero-order valence-electron chi connectivity index (χ0n) is 8.17. The van der Waals surface area contributed by atoms with Crippen LogP contribution in [0.1, 0.15) is 13.8 Å². The van der Waals surface area contributed by atoms with Crippen molar-refractivity contribution in [2.45, 2.75) is 19.9 Å². The number of carbonyl (C=O) groups excluding carboxylic acids is 1. The number of nitrogens with zero attached hydrogens (tertiary/aromatic N) is 1. The van der Waals surface area contributed by atoms with Gasteiger partial charge in [-0.3, -0.25) is 5.43 Å². The van der Waals surface area contributed by atoms with E-state index >= 15 is 0 Å². The predicted molar refractivity (Wildman–Crippen MR) is 49.2 cm³/mol. The first kappa shape index (κ1) is 10.3. The minimum Gasteiger partial charge on any atom is -0.379 e. The van der Waals surface area contributed by atoms with Crippen molar-refractivity contribution in [2.75, 3.05) is 26.3 Å². The standard InChI is InChI=1S/C8H17N3O2/c1-7(2)9-8(12)10-11-3-5-13-6-4-11/h7H,3-6H2,1-2H3,(H2,9,10,12). The Bertz CT molecular complexity index is 167. The highest BCUT2D eigenvalue weighted by Gasteiger charge is 2.12. The lowest BCUT2D eigenvalue weighted by Gasteiger charge is -2.27. The zero-order chi connectivity index (χ0) is 9.68. The molecule has 0 radical (unpaired) electrons. The molecule has 0 saturated carbocycles. The molecule has 5 nitrogen and oxygen atoms in total. The van der Waals surface area contributed by atoms with E-state index in [0.717, 1.165) is 13.1 Å². The van der Waals surface area contributed by atoms with Crippen LogP contribution in [-0.2, 0) is 4.74 Å². The number of amides is 2. The second-order valence-electron chi connectivity index (χ2n) is 3.34. The van der Waals surface area contributed by atoms with E-state index in [-0.39, 0.29) is 12.1 Å². The molecular weight excluding hydrogens is 170 g/mol. The van der Waals surface area contributed by atoms with E-state index in [1.54, 1.807) is 0 Å². The molecule has 0 spiro atoms. The molecule has 1 rings (SSSR count). The van der Waals surface area contributed by atoms with E-state index in [9.17, 15) is 4.79 Å².